The van der Waals surface area contributed by atoms with Gasteiger partial charge in [-0.25, -0.2) is 4.98 Å². The Labute approximate surface area is 117 Å². The zero-order valence-corrected chi connectivity index (χ0v) is 12.9. The highest BCUT2D eigenvalue weighted by molar-refractivity contribution is 5.27. The van der Waals surface area contributed by atoms with Gasteiger partial charge in [-0.2, -0.15) is 0 Å². The average Bonchev–Trinajstić information content (AvgIpc) is 2.72. The molecule has 0 aliphatic heterocycles. The van der Waals surface area contributed by atoms with Gasteiger partial charge in [-0.3, -0.25) is 0 Å². The fraction of sp³-hybridized carbons (Fsp3) is 0.786. The number of imidazole rings is 1. The van der Waals surface area contributed by atoms with Gasteiger partial charge in [0, 0.05) is 38.6 Å². The molecule has 0 aliphatic carbocycles. The molecular formula is C14H28N4O. The van der Waals surface area contributed by atoms with E-state index in [1.807, 2.05) is 12.4 Å². The van der Waals surface area contributed by atoms with Crippen molar-refractivity contribution in [1.29, 1.82) is 0 Å². The molecule has 0 saturated heterocycles. The van der Waals surface area contributed by atoms with E-state index in [9.17, 15) is 0 Å². The number of aromatic nitrogens is 2. The van der Waals surface area contributed by atoms with E-state index in [1.165, 1.54) is 0 Å². The molecule has 0 amide bonds. The third kappa shape index (κ3) is 6.07. The molecule has 1 N–H and O–H groups in total. The maximum absolute atomic E-state index is 5.12. The quantitative estimate of drug-likeness (QED) is 0.743. The first kappa shape index (κ1) is 16.0. The van der Waals surface area contributed by atoms with Crippen LogP contribution in [0.25, 0.3) is 0 Å². The maximum Gasteiger partial charge on any atom is 0.203 e. The molecule has 0 saturated carbocycles. The van der Waals surface area contributed by atoms with Crippen molar-refractivity contribution in [2.75, 3.05) is 39.7 Å². The lowest BCUT2D eigenvalue weighted by Gasteiger charge is -2.24. The number of methoxy groups -OCH3 is 1. The molecule has 1 unspecified atom stereocenters. The van der Waals surface area contributed by atoms with E-state index < -0.39 is 0 Å². The average molecular weight is 268 g/mol. The topological polar surface area (TPSA) is 42.3 Å². The van der Waals surface area contributed by atoms with E-state index in [1.54, 1.807) is 7.11 Å². The molecule has 19 heavy (non-hydrogen) atoms. The third-order valence-electron chi connectivity index (χ3n) is 2.93. The Morgan fingerprint density at radius 1 is 1.42 bits per heavy atom. The molecule has 0 aromatic carbocycles. The Hall–Kier alpha value is -1.07. The van der Waals surface area contributed by atoms with E-state index in [4.69, 9.17) is 4.74 Å². The fourth-order valence-electron chi connectivity index (χ4n) is 2.19. The molecule has 0 spiro atoms. The van der Waals surface area contributed by atoms with Crippen molar-refractivity contribution in [3.63, 3.8) is 0 Å². The van der Waals surface area contributed by atoms with Crippen LogP contribution in [0, 0.1) is 5.92 Å². The molecule has 1 rings (SSSR count). The molecule has 5 nitrogen and oxygen atoms in total. The molecule has 1 aromatic rings. The van der Waals surface area contributed by atoms with Crippen LogP contribution >= 0.6 is 0 Å². The van der Waals surface area contributed by atoms with Crippen LogP contribution in [-0.2, 0) is 11.3 Å². The van der Waals surface area contributed by atoms with Gasteiger partial charge in [0.1, 0.15) is 0 Å². The number of nitrogens with one attached hydrogen (secondary N) is 1. The van der Waals surface area contributed by atoms with Crippen molar-refractivity contribution in [2.24, 2.45) is 5.92 Å². The van der Waals surface area contributed by atoms with Gasteiger partial charge < -0.3 is 19.5 Å². The molecule has 0 bridgehead atoms. The summed E-state index contributed by atoms with van der Waals surface area (Å²) in [6, 6.07) is 0.415. The van der Waals surface area contributed by atoms with E-state index in [0.29, 0.717) is 18.6 Å². The summed E-state index contributed by atoms with van der Waals surface area (Å²) in [5, 5.41) is 3.55. The second-order valence-electron chi connectivity index (χ2n) is 5.67. The maximum atomic E-state index is 5.12. The van der Waals surface area contributed by atoms with Crippen molar-refractivity contribution in [2.45, 2.75) is 32.9 Å². The minimum Gasteiger partial charge on any atom is -0.383 e. The molecule has 1 heterocycles. The second kappa shape index (κ2) is 8.17. The smallest absolute Gasteiger partial charge is 0.203 e. The van der Waals surface area contributed by atoms with Gasteiger partial charge in [-0.05, 0) is 26.4 Å². The predicted molar refractivity (Wildman–Crippen MR) is 79.5 cm³/mol. The van der Waals surface area contributed by atoms with Gasteiger partial charge in [0.2, 0.25) is 5.95 Å². The van der Waals surface area contributed by atoms with Gasteiger partial charge in [-0.1, -0.05) is 13.8 Å². The Kier molecular flexibility index (Phi) is 6.87. The molecule has 1 atom stereocenters. The predicted octanol–water partition coefficient (Wildman–Crippen LogP) is 1.92. The van der Waals surface area contributed by atoms with Crippen molar-refractivity contribution >= 4 is 5.95 Å². The van der Waals surface area contributed by atoms with Crippen molar-refractivity contribution < 1.29 is 4.74 Å². The summed E-state index contributed by atoms with van der Waals surface area (Å²) in [5.41, 5.74) is 0. The van der Waals surface area contributed by atoms with Gasteiger partial charge in [0.15, 0.2) is 0 Å². The molecule has 110 valence electrons. The molecule has 1 aromatic heterocycles. The fourth-order valence-corrected chi connectivity index (χ4v) is 2.19. The summed E-state index contributed by atoms with van der Waals surface area (Å²) in [7, 11) is 5.93. The highest BCUT2D eigenvalue weighted by Gasteiger charge is 2.14. The van der Waals surface area contributed by atoms with Crippen LogP contribution in [0.2, 0.25) is 0 Å². The van der Waals surface area contributed by atoms with Gasteiger partial charge >= 0.3 is 0 Å². The zero-order chi connectivity index (χ0) is 14.3. The van der Waals surface area contributed by atoms with E-state index in [-0.39, 0.29) is 0 Å². The lowest BCUT2D eigenvalue weighted by Crippen LogP contribution is -2.34. The highest BCUT2D eigenvalue weighted by Crippen LogP contribution is 2.12. The van der Waals surface area contributed by atoms with Gasteiger partial charge in [-0.15, -0.1) is 0 Å². The number of hydrogen-bond acceptors (Lipinski definition) is 4. The summed E-state index contributed by atoms with van der Waals surface area (Å²) in [6.07, 6.45) is 4.96. The Morgan fingerprint density at radius 2 is 2.16 bits per heavy atom. The third-order valence-corrected chi connectivity index (χ3v) is 2.93. The van der Waals surface area contributed by atoms with Crippen LogP contribution in [0.5, 0.6) is 0 Å². The number of nitrogens with zero attached hydrogens (tertiary/aromatic N) is 3. The number of ether oxygens (including phenoxy) is 1. The lowest BCUT2D eigenvalue weighted by molar-refractivity contribution is 0.187. The van der Waals surface area contributed by atoms with Crippen LogP contribution < -0.4 is 5.32 Å². The molecule has 0 radical (unpaired) electrons. The second-order valence-corrected chi connectivity index (χ2v) is 5.67. The molecule has 5 heteroatoms. The molecule has 0 fully saturated rings. The number of hydrogen-bond donors (Lipinski definition) is 1. The van der Waals surface area contributed by atoms with Gasteiger partial charge in [0.05, 0.1) is 6.61 Å². The van der Waals surface area contributed by atoms with Crippen molar-refractivity contribution in [3.05, 3.63) is 12.4 Å². The van der Waals surface area contributed by atoms with Crippen LogP contribution in [0.15, 0.2) is 12.4 Å². The van der Waals surface area contributed by atoms with Crippen LogP contribution in [-0.4, -0.2) is 54.8 Å². The lowest BCUT2D eigenvalue weighted by atomic mass is 10.0. The Balaban J connectivity index is 2.64. The minimum atomic E-state index is 0.415. The van der Waals surface area contributed by atoms with Crippen molar-refractivity contribution in [1.82, 2.24) is 14.5 Å². The Bertz CT molecular complexity index is 339. The summed E-state index contributed by atoms with van der Waals surface area (Å²) >= 11 is 0. The van der Waals surface area contributed by atoms with Gasteiger partial charge in [0.25, 0.3) is 0 Å². The number of rotatable bonds is 9. The van der Waals surface area contributed by atoms with Crippen molar-refractivity contribution in [3.8, 4) is 0 Å². The summed E-state index contributed by atoms with van der Waals surface area (Å²) < 4.78 is 7.22. The van der Waals surface area contributed by atoms with Crippen LogP contribution in [0.1, 0.15) is 20.3 Å². The minimum absolute atomic E-state index is 0.415. The largest absolute Gasteiger partial charge is 0.383 e. The number of likely N-dealkylation sites (N-methyl/N-ethyl adjacent to an activating group) is 1. The van der Waals surface area contributed by atoms with E-state index in [0.717, 1.165) is 25.5 Å². The first-order valence-electron chi connectivity index (χ1n) is 6.94. The Morgan fingerprint density at radius 3 is 2.74 bits per heavy atom. The normalized spacial score (nSPS) is 13.2. The number of anilines is 1. The summed E-state index contributed by atoms with van der Waals surface area (Å²) in [6.45, 7) is 7.04. The monoisotopic (exact) mass is 268 g/mol. The van der Waals surface area contributed by atoms with E-state index in [2.05, 4.69) is 47.7 Å². The first-order valence-corrected chi connectivity index (χ1v) is 6.94. The summed E-state index contributed by atoms with van der Waals surface area (Å²) in [5.74, 6) is 1.60. The van der Waals surface area contributed by atoms with Crippen LogP contribution in [0.3, 0.4) is 0 Å². The van der Waals surface area contributed by atoms with E-state index >= 15 is 0 Å². The SMILES string of the molecule is COCCn1ccnc1NC(CC(C)C)CN(C)C. The summed E-state index contributed by atoms with van der Waals surface area (Å²) in [4.78, 5) is 6.61. The molecule has 0 aliphatic rings. The molecular weight excluding hydrogens is 240 g/mol. The zero-order valence-electron chi connectivity index (χ0n) is 12.9. The highest BCUT2D eigenvalue weighted by atomic mass is 16.5. The first-order chi connectivity index (χ1) is 9.02. The standard InChI is InChI=1S/C14H28N4O/c1-12(2)10-13(11-17(3)4)16-14-15-6-7-18(14)8-9-19-5/h6-7,12-13H,8-11H2,1-5H3,(H,15,16). The van der Waals surface area contributed by atoms with Crippen LogP contribution in [0.4, 0.5) is 5.95 Å².